The second kappa shape index (κ2) is 8.32. The number of rotatable bonds is 5. The molecular formula is C21H26N4O4. The average Bonchev–Trinajstić information content (AvgIpc) is 3.07. The van der Waals surface area contributed by atoms with Crippen LogP contribution < -0.4 is 0 Å². The predicted octanol–water partition coefficient (Wildman–Crippen LogP) is 1.68. The minimum Gasteiger partial charge on any atom is -0.378 e. The van der Waals surface area contributed by atoms with Gasteiger partial charge in [0.25, 0.3) is 0 Å². The van der Waals surface area contributed by atoms with Crippen LogP contribution in [0.1, 0.15) is 24.3 Å². The van der Waals surface area contributed by atoms with Gasteiger partial charge in [-0.25, -0.2) is 0 Å². The van der Waals surface area contributed by atoms with Crippen molar-refractivity contribution in [2.75, 3.05) is 33.4 Å². The van der Waals surface area contributed by atoms with Crippen LogP contribution in [-0.2, 0) is 20.7 Å². The van der Waals surface area contributed by atoms with Crippen LogP contribution in [0.15, 0.2) is 28.8 Å². The number of carbonyl (C=O) groups is 2. The van der Waals surface area contributed by atoms with Gasteiger partial charge in [-0.15, -0.1) is 0 Å². The summed E-state index contributed by atoms with van der Waals surface area (Å²) < 4.78 is 10.9. The first-order chi connectivity index (χ1) is 14.0. The summed E-state index contributed by atoms with van der Waals surface area (Å²) in [5, 5.41) is 4.04. The number of nitrogens with zero attached hydrogens (tertiary/aromatic N) is 4. The molecule has 0 N–H and O–H groups in total. The minimum atomic E-state index is -0.274. The van der Waals surface area contributed by atoms with E-state index < -0.39 is 0 Å². The van der Waals surface area contributed by atoms with Gasteiger partial charge in [-0.05, 0) is 19.4 Å². The maximum atomic E-state index is 12.7. The lowest BCUT2D eigenvalue weighted by molar-refractivity contribution is -0.134. The number of aryl methyl sites for hydroxylation is 2. The van der Waals surface area contributed by atoms with Crippen LogP contribution in [0.4, 0.5) is 0 Å². The molecule has 8 nitrogen and oxygen atoms in total. The zero-order valence-electron chi connectivity index (χ0n) is 16.8. The molecule has 1 aromatic heterocycles. The molecule has 2 aromatic rings. The molecule has 2 atom stereocenters. The molecule has 0 spiro atoms. The van der Waals surface area contributed by atoms with E-state index in [0.717, 1.165) is 11.1 Å². The van der Waals surface area contributed by atoms with Gasteiger partial charge in [-0.3, -0.25) is 9.59 Å². The number of fused-ring (bicyclic) bond motifs is 3. The fraction of sp³-hybridized carbons (Fsp3) is 0.524. The zero-order valence-corrected chi connectivity index (χ0v) is 16.8. The van der Waals surface area contributed by atoms with Crippen LogP contribution in [0.3, 0.4) is 0 Å². The minimum absolute atomic E-state index is 0.0587. The van der Waals surface area contributed by atoms with Crippen molar-refractivity contribution in [2.24, 2.45) is 5.92 Å². The van der Waals surface area contributed by atoms with Crippen LogP contribution in [0.5, 0.6) is 0 Å². The van der Waals surface area contributed by atoms with Gasteiger partial charge in [-0.1, -0.05) is 28.9 Å². The molecule has 2 bridgehead atoms. The molecule has 2 saturated heterocycles. The molecule has 154 valence electrons. The summed E-state index contributed by atoms with van der Waals surface area (Å²) in [6, 6.07) is 7.86. The molecule has 2 fully saturated rings. The van der Waals surface area contributed by atoms with E-state index in [1.54, 1.807) is 11.9 Å². The van der Waals surface area contributed by atoms with Crippen molar-refractivity contribution in [3.8, 4) is 11.4 Å². The second-order valence-corrected chi connectivity index (χ2v) is 7.87. The van der Waals surface area contributed by atoms with Crippen molar-refractivity contribution in [1.29, 1.82) is 0 Å². The highest BCUT2D eigenvalue weighted by Gasteiger charge is 2.38. The van der Waals surface area contributed by atoms with Gasteiger partial charge in [0.2, 0.25) is 23.5 Å². The lowest BCUT2D eigenvalue weighted by Crippen LogP contribution is -2.45. The molecule has 2 amide bonds. The maximum absolute atomic E-state index is 12.7. The Morgan fingerprint density at radius 1 is 1.28 bits per heavy atom. The molecule has 0 saturated carbocycles. The summed E-state index contributed by atoms with van der Waals surface area (Å²) >= 11 is 0. The molecule has 3 heterocycles. The van der Waals surface area contributed by atoms with Crippen molar-refractivity contribution < 1.29 is 18.8 Å². The monoisotopic (exact) mass is 398 g/mol. The smallest absolute Gasteiger partial charge is 0.229 e. The first kappa shape index (κ1) is 19.6. The largest absolute Gasteiger partial charge is 0.378 e. The Bertz CT molecular complexity index is 896. The lowest BCUT2D eigenvalue weighted by atomic mass is 10.1. The predicted molar refractivity (Wildman–Crippen MR) is 105 cm³/mol. The summed E-state index contributed by atoms with van der Waals surface area (Å²) in [7, 11) is 1.80. The van der Waals surface area contributed by atoms with E-state index >= 15 is 0 Å². The third kappa shape index (κ3) is 4.32. The Labute approximate surface area is 169 Å². The fourth-order valence-corrected chi connectivity index (χ4v) is 3.91. The standard InChI is InChI=1S/C21H26N4O4/c1-14-5-3-6-15(9-14)20-22-18(29-23-20)7-4-8-19(26)25-10-16-12-28-13-17(11-25)24(2)21(16)27/h3,5-6,9,16-17H,4,7-8,10-13H2,1-2H3/t16-,17+/m1/s1. The Morgan fingerprint density at radius 2 is 2.14 bits per heavy atom. The quantitative estimate of drug-likeness (QED) is 0.761. The molecule has 0 radical (unpaired) electrons. The molecule has 8 heteroatoms. The summed E-state index contributed by atoms with van der Waals surface area (Å²) in [4.78, 5) is 33.1. The van der Waals surface area contributed by atoms with Crippen LogP contribution in [-0.4, -0.2) is 71.1 Å². The second-order valence-electron chi connectivity index (χ2n) is 7.87. The van der Waals surface area contributed by atoms with E-state index in [1.165, 1.54) is 0 Å². The summed E-state index contributed by atoms with van der Waals surface area (Å²) in [5.41, 5.74) is 2.05. The number of benzene rings is 1. The summed E-state index contributed by atoms with van der Waals surface area (Å²) in [5.74, 6) is 0.951. The number of likely N-dealkylation sites (N-methyl/N-ethyl adjacent to an activating group) is 1. The van der Waals surface area contributed by atoms with Gasteiger partial charge < -0.3 is 19.1 Å². The Morgan fingerprint density at radius 3 is 2.97 bits per heavy atom. The molecule has 1 aromatic carbocycles. The van der Waals surface area contributed by atoms with E-state index in [2.05, 4.69) is 10.1 Å². The van der Waals surface area contributed by atoms with E-state index in [4.69, 9.17) is 9.26 Å². The Kier molecular flexibility index (Phi) is 5.62. The number of ether oxygens (including phenoxy) is 1. The molecule has 2 aliphatic heterocycles. The maximum Gasteiger partial charge on any atom is 0.229 e. The van der Waals surface area contributed by atoms with E-state index in [1.807, 2.05) is 36.1 Å². The topological polar surface area (TPSA) is 88.8 Å². The highest BCUT2D eigenvalue weighted by molar-refractivity contribution is 5.82. The first-order valence-electron chi connectivity index (χ1n) is 10.0. The van der Waals surface area contributed by atoms with E-state index in [9.17, 15) is 9.59 Å². The number of amides is 2. The molecule has 0 aliphatic carbocycles. The van der Waals surface area contributed by atoms with Crippen LogP contribution >= 0.6 is 0 Å². The SMILES string of the molecule is Cc1cccc(-c2noc(CCCC(=O)N3C[C@@H]4COC[C@H](C3)N(C)C4=O)n2)c1. The number of hydrogen-bond acceptors (Lipinski definition) is 6. The Balaban J connectivity index is 1.32. The molecular weight excluding hydrogens is 372 g/mol. The number of aromatic nitrogens is 2. The Hall–Kier alpha value is -2.74. The highest BCUT2D eigenvalue weighted by atomic mass is 16.5. The molecule has 0 unspecified atom stereocenters. The van der Waals surface area contributed by atoms with E-state index in [0.29, 0.717) is 57.3 Å². The van der Waals surface area contributed by atoms with Gasteiger partial charge in [0, 0.05) is 38.5 Å². The van der Waals surface area contributed by atoms with E-state index in [-0.39, 0.29) is 23.8 Å². The van der Waals surface area contributed by atoms with Crippen molar-refractivity contribution in [1.82, 2.24) is 19.9 Å². The molecule has 4 rings (SSSR count). The van der Waals surface area contributed by atoms with Crippen LogP contribution in [0, 0.1) is 12.8 Å². The summed E-state index contributed by atoms with van der Waals surface area (Å²) in [6.45, 7) is 3.83. The van der Waals surface area contributed by atoms with Crippen molar-refractivity contribution >= 4 is 11.8 Å². The van der Waals surface area contributed by atoms with Gasteiger partial charge in [0.15, 0.2) is 0 Å². The third-order valence-electron chi connectivity index (χ3n) is 5.62. The van der Waals surface area contributed by atoms with Gasteiger partial charge >= 0.3 is 0 Å². The summed E-state index contributed by atoms with van der Waals surface area (Å²) in [6.07, 6.45) is 1.56. The van der Waals surface area contributed by atoms with Crippen LogP contribution in [0.25, 0.3) is 11.4 Å². The van der Waals surface area contributed by atoms with Crippen LogP contribution in [0.2, 0.25) is 0 Å². The van der Waals surface area contributed by atoms with Gasteiger partial charge in [0.05, 0.1) is 25.2 Å². The fourth-order valence-electron chi connectivity index (χ4n) is 3.91. The lowest BCUT2D eigenvalue weighted by Gasteiger charge is -2.29. The van der Waals surface area contributed by atoms with Crippen molar-refractivity contribution in [3.63, 3.8) is 0 Å². The normalized spacial score (nSPS) is 21.9. The number of hydrogen-bond donors (Lipinski definition) is 0. The van der Waals surface area contributed by atoms with Gasteiger partial charge in [0.1, 0.15) is 0 Å². The number of carbonyl (C=O) groups excluding carboxylic acids is 2. The molecule has 2 aliphatic rings. The van der Waals surface area contributed by atoms with Crippen molar-refractivity contribution in [2.45, 2.75) is 32.2 Å². The molecule has 29 heavy (non-hydrogen) atoms. The van der Waals surface area contributed by atoms with Crippen molar-refractivity contribution in [3.05, 3.63) is 35.7 Å². The van der Waals surface area contributed by atoms with Gasteiger partial charge in [-0.2, -0.15) is 4.98 Å². The highest BCUT2D eigenvalue weighted by Crippen LogP contribution is 2.21. The third-order valence-corrected chi connectivity index (χ3v) is 5.62. The average molecular weight is 398 g/mol. The first-order valence-corrected chi connectivity index (χ1v) is 10.0. The zero-order chi connectivity index (χ0) is 20.4.